The standard InChI is InChI=1S/C54H36N2O/c1-4-15-37(16-5-1)38-29-31-42(32-30-38)55(43-22-12-19-40(35-43)46-25-14-28-52-54(46)48-23-10-11-27-51(48)57-52)44-33-34-47-50(36-44)56(41-20-8-3-9-21-41)49-26-13-24-45(53(47)49)39-17-6-2-7-18-39/h1-36H. The maximum absolute atomic E-state index is 6.32. The Labute approximate surface area is 330 Å². The smallest absolute Gasteiger partial charge is 0.136 e. The van der Waals surface area contributed by atoms with Gasteiger partial charge < -0.3 is 13.9 Å². The van der Waals surface area contributed by atoms with Crippen molar-refractivity contribution in [3.63, 3.8) is 0 Å². The molecular weight excluding hydrogens is 693 g/mol. The van der Waals surface area contributed by atoms with Gasteiger partial charge >= 0.3 is 0 Å². The minimum absolute atomic E-state index is 0.890. The highest BCUT2D eigenvalue weighted by Crippen LogP contribution is 2.44. The molecule has 0 N–H and O–H groups in total. The molecule has 0 aliphatic rings. The molecule has 0 atom stereocenters. The zero-order valence-corrected chi connectivity index (χ0v) is 31.1. The van der Waals surface area contributed by atoms with Crippen LogP contribution >= 0.6 is 0 Å². The fraction of sp³-hybridized carbons (Fsp3) is 0. The van der Waals surface area contributed by atoms with Crippen molar-refractivity contribution in [2.75, 3.05) is 4.90 Å². The van der Waals surface area contributed by atoms with E-state index in [2.05, 4.69) is 216 Å². The zero-order chi connectivity index (χ0) is 37.7. The normalized spacial score (nSPS) is 11.5. The summed E-state index contributed by atoms with van der Waals surface area (Å²) in [5.41, 5.74) is 15.5. The molecular formula is C54H36N2O. The Morgan fingerprint density at radius 2 is 0.912 bits per heavy atom. The van der Waals surface area contributed by atoms with Crippen LogP contribution in [0, 0.1) is 0 Å². The molecule has 0 spiro atoms. The summed E-state index contributed by atoms with van der Waals surface area (Å²) >= 11 is 0. The summed E-state index contributed by atoms with van der Waals surface area (Å²) in [5, 5.41) is 4.71. The van der Waals surface area contributed by atoms with Crippen LogP contribution in [0.1, 0.15) is 0 Å². The molecule has 2 heterocycles. The van der Waals surface area contributed by atoms with E-state index in [1.807, 2.05) is 12.1 Å². The number of anilines is 3. The summed E-state index contributed by atoms with van der Waals surface area (Å²) in [7, 11) is 0. The first kappa shape index (κ1) is 32.8. The monoisotopic (exact) mass is 728 g/mol. The zero-order valence-electron chi connectivity index (χ0n) is 31.1. The number of furan rings is 1. The Kier molecular flexibility index (Phi) is 7.82. The first-order chi connectivity index (χ1) is 28.3. The quantitative estimate of drug-likeness (QED) is 0.163. The van der Waals surface area contributed by atoms with Crippen LogP contribution < -0.4 is 4.90 Å². The predicted octanol–water partition coefficient (Wildman–Crippen LogP) is 15.2. The second kappa shape index (κ2) is 13.6. The molecule has 0 saturated heterocycles. The van der Waals surface area contributed by atoms with Gasteiger partial charge in [-0.3, -0.25) is 0 Å². The summed E-state index contributed by atoms with van der Waals surface area (Å²) in [6.45, 7) is 0. The number of rotatable bonds is 7. The molecule has 3 heteroatoms. The van der Waals surface area contributed by atoms with Crippen molar-refractivity contribution < 1.29 is 4.42 Å². The summed E-state index contributed by atoms with van der Waals surface area (Å²) in [5.74, 6) is 0. The third-order valence-corrected chi connectivity index (χ3v) is 11.2. The lowest BCUT2D eigenvalue weighted by Crippen LogP contribution is -2.10. The van der Waals surface area contributed by atoms with E-state index in [-0.39, 0.29) is 0 Å². The summed E-state index contributed by atoms with van der Waals surface area (Å²) in [6, 6.07) is 78.1. The SMILES string of the molecule is c1ccc(-c2ccc(N(c3cccc(-c4cccc5oc6ccccc6c45)c3)c3ccc4c5c(-c6ccccc6)cccc5n(-c5ccccc5)c4c3)cc2)cc1. The largest absolute Gasteiger partial charge is 0.456 e. The maximum atomic E-state index is 6.32. The molecule has 0 saturated carbocycles. The molecule has 0 aliphatic heterocycles. The van der Waals surface area contributed by atoms with Gasteiger partial charge in [0, 0.05) is 44.3 Å². The highest BCUT2D eigenvalue weighted by Gasteiger charge is 2.21. The van der Waals surface area contributed by atoms with Gasteiger partial charge in [-0.05, 0) is 100 Å². The van der Waals surface area contributed by atoms with Gasteiger partial charge in [0.25, 0.3) is 0 Å². The van der Waals surface area contributed by atoms with E-state index in [0.717, 1.165) is 61.3 Å². The van der Waals surface area contributed by atoms with Gasteiger partial charge in [-0.25, -0.2) is 0 Å². The first-order valence-corrected chi connectivity index (χ1v) is 19.4. The van der Waals surface area contributed by atoms with Crippen molar-refractivity contribution in [3.05, 3.63) is 218 Å². The molecule has 57 heavy (non-hydrogen) atoms. The van der Waals surface area contributed by atoms with Gasteiger partial charge in [0.1, 0.15) is 11.2 Å². The van der Waals surface area contributed by atoms with Crippen molar-refractivity contribution in [3.8, 4) is 39.1 Å². The van der Waals surface area contributed by atoms with Crippen molar-refractivity contribution in [1.29, 1.82) is 0 Å². The van der Waals surface area contributed by atoms with E-state index in [4.69, 9.17) is 4.42 Å². The van der Waals surface area contributed by atoms with E-state index in [0.29, 0.717) is 0 Å². The van der Waals surface area contributed by atoms with Gasteiger partial charge in [0.2, 0.25) is 0 Å². The van der Waals surface area contributed by atoms with Crippen molar-refractivity contribution in [2.45, 2.75) is 0 Å². The minimum Gasteiger partial charge on any atom is -0.456 e. The Balaban J connectivity index is 1.14. The number of nitrogens with zero attached hydrogens (tertiary/aromatic N) is 2. The number of benzene rings is 9. The molecule has 0 bridgehead atoms. The molecule has 0 unspecified atom stereocenters. The molecule has 11 rings (SSSR count). The van der Waals surface area contributed by atoms with Crippen LogP contribution in [0.15, 0.2) is 223 Å². The van der Waals surface area contributed by atoms with E-state index in [1.54, 1.807) is 0 Å². The van der Waals surface area contributed by atoms with Crippen LogP contribution in [0.2, 0.25) is 0 Å². The lowest BCUT2D eigenvalue weighted by Gasteiger charge is -2.26. The summed E-state index contributed by atoms with van der Waals surface area (Å²) in [6.07, 6.45) is 0. The number of hydrogen-bond donors (Lipinski definition) is 0. The summed E-state index contributed by atoms with van der Waals surface area (Å²) in [4.78, 5) is 2.39. The molecule has 0 amide bonds. The lowest BCUT2D eigenvalue weighted by atomic mass is 9.98. The van der Waals surface area contributed by atoms with E-state index >= 15 is 0 Å². The Bertz CT molecular complexity index is 3220. The van der Waals surface area contributed by atoms with Crippen molar-refractivity contribution >= 4 is 60.8 Å². The van der Waals surface area contributed by atoms with E-state index in [1.165, 1.54) is 38.5 Å². The van der Waals surface area contributed by atoms with E-state index < -0.39 is 0 Å². The topological polar surface area (TPSA) is 21.3 Å². The van der Waals surface area contributed by atoms with Crippen molar-refractivity contribution in [1.82, 2.24) is 4.57 Å². The molecule has 268 valence electrons. The number of para-hydroxylation sites is 2. The van der Waals surface area contributed by atoms with Crippen molar-refractivity contribution in [2.24, 2.45) is 0 Å². The lowest BCUT2D eigenvalue weighted by molar-refractivity contribution is 0.669. The predicted molar refractivity (Wildman–Crippen MR) is 239 cm³/mol. The Hall–Kier alpha value is -7.62. The van der Waals surface area contributed by atoms with Crippen LogP contribution in [-0.2, 0) is 0 Å². The Morgan fingerprint density at radius 3 is 1.70 bits per heavy atom. The fourth-order valence-corrected chi connectivity index (χ4v) is 8.62. The number of hydrogen-bond acceptors (Lipinski definition) is 2. The maximum Gasteiger partial charge on any atom is 0.136 e. The van der Waals surface area contributed by atoms with Gasteiger partial charge in [-0.1, -0.05) is 152 Å². The van der Waals surface area contributed by atoms with Gasteiger partial charge in [0.05, 0.1) is 11.0 Å². The molecule has 11 aromatic rings. The Morgan fingerprint density at radius 1 is 0.333 bits per heavy atom. The molecule has 9 aromatic carbocycles. The highest BCUT2D eigenvalue weighted by molar-refractivity contribution is 6.17. The fourth-order valence-electron chi connectivity index (χ4n) is 8.62. The minimum atomic E-state index is 0.890. The van der Waals surface area contributed by atoms with Crippen LogP contribution in [0.4, 0.5) is 17.1 Å². The number of fused-ring (bicyclic) bond motifs is 6. The second-order valence-corrected chi connectivity index (χ2v) is 14.5. The average Bonchev–Trinajstić information content (AvgIpc) is 3.84. The molecule has 0 fully saturated rings. The van der Waals surface area contributed by atoms with Crippen LogP contribution in [-0.4, -0.2) is 4.57 Å². The van der Waals surface area contributed by atoms with Crippen LogP contribution in [0.25, 0.3) is 82.8 Å². The highest BCUT2D eigenvalue weighted by atomic mass is 16.3. The van der Waals surface area contributed by atoms with Gasteiger partial charge in [-0.15, -0.1) is 0 Å². The van der Waals surface area contributed by atoms with Crippen LogP contribution in [0.5, 0.6) is 0 Å². The van der Waals surface area contributed by atoms with E-state index in [9.17, 15) is 0 Å². The van der Waals surface area contributed by atoms with Crippen LogP contribution in [0.3, 0.4) is 0 Å². The third-order valence-electron chi connectivity index (χ3n) is 11.2. The number of aromatic nitrogens is 1. The molecule has 3 nitrogen and oxygen atoms in total. The average molecular weight is 729 g/mol. The second-order valence-electron chi connectivity index (χ2n) is 14.5. The van der Waals surface area contributed by atoms with Gasteiger partial charge in [-0.2, -0.15) is 0 Å². The third kappa shape index (κ3) is 5.60. The first-order valence-electron chi connectivity index (χ1n) is 19.4. The molecule has 0 radical (unpaired) electrons. The summed E-state index contributed by atoms with van der Waals surface area (Å²) < 4.78 is 8.73. The molecule has 0 aliphatic carbocycles. The molecule has 2 aromatic heterocycles. The van der Waals surface area contributed by atoms with Gasteiger partial charge in [0.15, 0.2) is 0 Å².